The maximum absolute atomic E-state index is 12.0. The number of ketones is 2. The van der Waals surface area contributed by atoms with Gasteiger partial charge in [-0.1, -0.05) is 36.4 Å². The van der Waals surface area contributed by atoms with Crippen LogP contribution in [0.3, 0.4) is 0 Å². The van der Waals surface area contributed by atoms with Gasteiger partial charge in [0.05, 0.1) is 0 Å². The topological polar surface area (TPSA) is 43.4 Å². The molecule has 0 spiro atoms. The molecule has 0 amide bonds. The van der Waals surface area contributed by atoms with Gasteiger partial charge in [0.2, 0.25) is 0 Å². The smallest absolute Gasteiger partial charge is 0.186 e. The number of allylic oxidation sites excluding steroid dienone is 4. The van der Waals surface area contributed by atoms with Gasteiger partial charge in [-0.2, -0.15) is 0 Å². The molecule has 1 aliphatic carbocycles. The van der Waals surface area contributed by atoms with Crippen LogP contribution in [0.25, 0.3) is 5.57 Å². The lowest BCUT2D eigenvalue weighted by Crippen LogP contribution is -2.07. The summed E-state index contributed by atoms with van der Waals surface area (Å²) < 4.78 is 5.82. The first-order valence-electron chi connectivity index (χ1n) is 6.54. The molecule has 0 radical (unpaired) electrons. The van der Waals surface area contributed by atoms with Crippen LogP contribution in [0.15, 0.2) is 72.8 Å². The highest BCUT2D eigenvalue weighted by Crippen LogP contribution is 2.31. The second kappa shape index (κ2) is 5.59. The minimum Gasteiger partial charge on any atom is -0.457 e. The highest BCUT2D eigenvalue weighted by atomic mass is 16.5. The predicted octanol–water partition coefficient (Wildman–Crippen LogP) is 3.57. The molecule has 2 aromatic carbocycles. The van der Waals surface area contributed by atoms with Gasteiger partial charge < -0.3 is 4.74 Å². The maximum atomic E-state index is 12.0. The van der Waals surface area contributed by atoms with Crippen LogP contribution in [-0.4, -0.2) is 11.6 Å². The van der Waals surface area contributed by atoms with E-state index in [2.05, 4.69) is 0 Å². The van der Waals surface area contributed by atoms with Gasteiger partial charge in [0, 0.05) is 11.1 Å². The van der Waals surface area contributed by atoms with Crippen LogP contribution in [0.2, 0.25) is 0 Å². The van der Waals surface area contributed by atoms with E-state index in [0.29, 0.717) is 22.6 Å². The van der Waals surface area contributed by atoms with Gasteiger partial charge >= 0.3 is 0 Å². The number of hydrogen-bond acceptors (Lipinski definition) is 3. The van der Waals surface area contributed by atoms with Gasteiger partial charge in [-0.25, -0.2) is 0 Å². The Balaban J connectivity index is 2.01. The second-order valence-corrected chi connectivity index (χ2v) is 4.57. The fraction of sp³-hybridized carbons (Fsp3) is 0. The first-order chi connectivity index (χ1) is 10.2. The molecule has 0 atom stereocenters. The van der Waals surface area contributed by atoms with Crippen LogP contribution in [0.1, 0.15) is 5.56 Å². The molecule has 0 N–H and O–H groups in total. The van der Waals surface area contributed by atoms with Crippen LogP contribution >= 0.6 is 0 Å². The Hall–Kier alpha value is -2.94. The zero-order valence-corrected chi connectivity index (χ0v) is 11.2. The summed E-state index contributed by atoms with van der Waals surface area (Å²) in [7, 11) is 0. The third kappa shape index (κ3) is 2.82. The van der Waals surface area contributed by atoms with E-state index in [-0.39, 0.29) is 11.6 Å². The molecule has 0 saturated carbocycles. The molecule has 0 aromatic heterocycles. The SMILES string of the molecule is O=C1C=CC(=O)C(c2ccccc2Oc2ccccc2)=C1. The van der Waals surface area contributed by atoms with Crippen LogP contribution in [0, 0.1) is 0 Å². The lowest BCUT2D eigenvalue weighted by Gasteiger charge is -2.13. The number of carbonyl (C=O) groups excluding carboxylic acids is 2. The Morgan fingerprint density at radius 2 is 1.48 bits per heavy atom. The Kier molecular flexibility index (Phi) is 3.48. The second-order valence-electron chi connectivity index (χ2n) is 4.57. The predicted molar refractivity (Wildman–Crippen MR) is 80.1 cm³/mol. The highest BCUT2D eigenvalue weighted by Gasteiger charge is 2.18. The van der Waals surface area contributed by atoms with Crippen molar-refractivity contribution >= 4 is 17.1 Å². The number of benzene rings is 2. The Labute approximate surface area is 122 Å². The standard InChI is InChI=1S/C18H12O3/c19-13-10-11-17(20)16(12-13)15-8-4-5-9-18(15)21-14-6-2-1-3-7-14/h1-12H. The van der Waals surface area contributed by atoms with Crippen molar-refractivity contribution in [3.8, 4) is 11.5 Å². The summed E-state index contributed by atoms with van der Waals surface area (Å²) in [5.74, 6) is 0.833. The van der Waals surface area contributed by atoms with Crippen LogP contribution < -0.4 is 4.74 Å². The number of rotatable bonds is 3. The summed E-state index contributed by atoms with van der Waals surface area (Å²) in [5.41, 5.74) is 0.970. The number of para-hydroxylation sites is 2. The van der Waals surface area contributed by atoms with Crippen molar-refractivity contribution in [2.75, 3.05) is 0 Å². The van der Waals surface area contributed by atoms with Gasteiger partial charge in [-0.15, -0.1) is 0 Å². The quantitative estimate of drug-likeness (QED) is 0.805. The normalized spacial score (nSPS) is 14.0. The largest absolute Gasteiger partial charge is 0.457 e. The Bertz CT molecular complexity index is 755. The van der Waals surface area contributed by atoms with Gasteiger partial charge in [-0.3, -0.25) is 9.59 Å². The van der Waals surface area contributed by atoms with E-state index in [9.17, 15) is 9.59 Å². The van der Waals surface area contributed by atoms with E-state index in [0.717, 1.165) is 0 Å². The van der Waals surface area contributed by atoms with Gasteiger partial charge in [-0.05, 0) is 36.4 Å². The molecule has 3 nitrogen and oxygen atoms in total. The molecule has 2 aromatic rings. The van der Waals surface area contributed by atoms with Crippen molar-refractivity contribution in [3.05, 3.63) is 78.4 Å². The Morgan fingerprint density at radius 1 is 0.762 bits per heavy atom. The van der Waals surface area contributed by atoms with E-state index in [1.165, 1.54) is 18.2 Å². The van der Waals surface area contributed by atoms with E-state index in [1.807, 2.05) is 42.5 Å². The molecule has 0 heterocycles. The fourth-order valence-electron chi connectivity index (χ4n) is 2.11. The van der Waals surface area contributed by atoms with E-state index in [1.54, 1.807) is 12.1 Å². The van der Waals surface area contributed by atoms with E-state index in [4.69, 9.17) is 4.74 Å². The third-order valence-corrected chi connectivity index (χ3v) is 3.10. The first-order valence-corrected chi connectivity index (χ1v) is 6.54. The van der Waals surface area contributed by atoms with Crippen LogP contribution in [-0.2, 0) is 9.59 Å². The van der Waals surface area contributed by atoms with E-state index >= 15 is 0 Å². The summed E-state index contributed by atoms with van der Waals surface area (Å²) in [4.78, 5) is 23.5. The maximum Gasteiger partial charge on any atom is 0.186 e. The zero-order chi connectivity index (χ0) is 14.7. The average molecular weight is 276 g/mol. The molecule has 102 valence electrons. The monoisotopic (exact) mass is 276 g/mol. The first kappa shape index (κ1) is 13.1. The van der Waals surface area contributed by atoms with Gasteiger partial charge in [0.1, 0.15) is 11.5 Å². The molecule has 0 bridgehead atoms. The van der Waals surface area contributed by atoms with Crippen LogP contribution in [0.5, 0.6) is 11.5 Å². The molecule has 0 unspecified atom stereocenters. The van der Waals surface area contributed by atoms with Crippen LogP contribution in [0.4, 0.5) is 0 Å². The molecule has 0 aliphatic heterocycles. The molecule has 0 saturated heterocycles. The average Bonchev–Trinajstić information content (AvgIpc) is 2.51. The zero-order valence-electron chi connectivity index (χ0n) is 11.2. The summed E-state index contributed by atoms with van der Waals surface area (Å²) in [6, 6.07) is 16.5. The highest BCUT2D eigenvalue weighted by molar-refractivity contribution is 6.34. The lowest BCUT2D eigenvalue weighted by atomic mass is 9.95. The van der Waals surface area contributed by atoms with Crippen molar-refractivity contribution in [2.45, 2.75) is 0 Å². The summed E-state index contributed by atoms with van der Waals surface area (Å²) in [6.45, 7) is 0. The van der Waals surface area contributed by atoms with Crippen molar-refractivity contribution < 1.29 is 14.3 Å². The summed E-state index contributed by atoms with van der Waals surface area (Å²) in [6.07, 6.45) is 3.90. The van der Waals surface area contributed by atoms with Crippen molar-refractivity contribution in [1.82, 2.24) is 0 Å². The molecule has 21 heavy (non-hydrogen) atoms. The third-order valence-electron chi connectivity index (χ3n) is 3.10. The number of carbonyl (C=O) groups is 2. The number of ether oxygens (including phenoxy) is 1. The summed E-state index contributed by atoms with van der Waals surface area (Å²) in [5, 5.41) is 0. The van der Waals surface area contributed by atoms with E-state index < -0.39 is 0 Å². The molecule has 3 rings (SSSR count). The Morgan fingerprint density at radius 3 is 2.29 bits per heavy atom. The molecular formula is C18H12O3. The van der Waals surface area contributed by atoms with Crippen molar-refractivity contribution in [1.29, 1.82) is 0 Å². The minimum atomic E-state index is -0.196. The number of hydrogen-bond donors (Lipinski definition) is 0. The van der Waals surface area contributed by atoms with Crippen molar-refractivity contribution in [3.63, 3.8) is 0 Å². The van der Waals surface area contributed by atoms with Gasteiger partial charge in [0.25, 0.3) is 0 Å². The molecule has 1 aliphatic rings. The summed E-state index contributed by atoms with van der Waals surface area (Å²) >= 11 is 0. The minimum absolute atomic E-state index is 0.195. The molecular weight excluding hydrogens is 264 g/mol. The fourth-order valence-corrected chi connectivity index (χ4v) is 2.11. The van der Waals surface area contributed by atoms with Crippen molar-refractivity contribution in [2.24, 2.45) is 0 Å². The molecule has 0 fully saturated rings. The lowest BCUT2D eigenvalue weighted by molar-refractivity contribution is -0.113. The van der Waals surface area contributed by atoms with Gasteiger partial charge in [0.15, 0.2) is 11.6 Å². The molecule has 3 heteroatoms.